The summed E-state index contributed by atoms with van der Waals surface area (Å²) in [4.78, 5) is 22.6. The minimum Gasteiger partial charge on any atom is -0.542 e. The molecule has 5 rings (SSSR count). The zero-order valence-corrected chi connectivity index (χ0v) is 28.7. The number of halogens is 7. The molecule has 2 unspecified atom stereocenters. The number of nitrogens with zero attached hydrogens (tertiary/aromatic N) is 2. The second-order valence-electron chi connectivity index (χ2n) is 12.4. The molecule has 0 bridgehead atoms. The highest BCUT2D eigenvalue weighted by Gasteiger charge is 2.29. The normalized spacial score (nSPS) is 17.8. The van der Waals surface area contributed by atoms with E-state index in [9.17, 15) is 26.3 Å². The molecule has 4 N–H and O–H groups in total. The van der Waals surface area contributed by atoms with Gasteiger partial charge in [0.25, 0.3) is 0 Å². The fraction of sp³-hybridized carbons (Fsp3) is 0.559. The van der Waals surface area contributed by atoms with Crippen LogP contribution in [0.4, 0.5) is 26.3 Å². The number of ether oxygens (including phenoxy) is 2. The number of aliphatic carboxylic acids is 2. The number of alkyl halides is 6. The van der Waals surface area contributed by atoms with E-state index in [1.54, 1.807) is 0 Å². The third-order valence-electron chi connectivity index (χ3n) is 8.49. The number of benzene rings is 2. The Morgan fingerprint density at radius 1 is 0.882 bits per heavy atom. The molecule has 17 heteroatoms. The molecule has 3 heterocycles. The predicted octanol–water partition coefficient (Wildman–Crippen LogP) is 2.89. The van der Waals surface area contributed by atoms with Gasteiger partial charge in [0.2, 0.25) is 0 Å². The van der Waals surface area contributed by atoms with Gasteiger partial charge in [0.1, 0.15) is 41.4 Å². The van der Waals surface area contributed by atoms with Gasteiger partial charge in [0.05, 0.1) is 37.8 Å². The Morgan fingerprint density at radius 3 is 2.16 bits per heavy atom. The van der Waals surface area contributed by atoms with Gasteiger partial charge in [0, 0.05) is 23.9 Å². The number of hydrogen-bond donors (Lipinski definition) is 2. The summed E-state index contributed by atoms with van der Waals surface area (Å²) in [6.45, 7) is 5.95. The lowest BCUT2D eigenvalue weighted by atomic mass is 9.95. The highest BCUT2D eigenvalue weighted by Crippen LogP contribution is 2.28. The minimum atomic E-state index is -5.19. The molecular weight excluding hydrogens is 710 g/mol. The van der Waals surface area contributed by atoms with Crippen LogP contribution in [0.2, 0.25) is 5.02 Å². The van der Waals surface area contributed by atoms with E-state index >= 15 is 0 Å². The van der Waals surface area contributed by atoms with Gasteiger partial charge in [-0.3, -0.25) is 0 Å². The maximum Gasteiger partial charge on any atom is 0.430 e. The molecule has 0 aliphatic carbocycles. The van der Waals surface area contributed by atoms with Crippen molar-refractivity contribution in [3.63, 3.8) is 0 Å². The second-order valence-corrected chi connectivity index (χ2v) is 12.8. The molecule has 2 saturated heterocycles. The molecule has 2 atom stereocenters. The van der Waals surface area contributed by atoms with E-state index in [0.29, 0.717) is 11.6 Å². The summed E-state index contributed by atoms with van der Waals surface area (Å²) in [5.41, 5.74) is 2.09. The molecule has 2 aliphatic heterocycles. The van der Waals surface area contributed by atoms with Crippen molar-refractivity contribution in [2.45, 2.75) is 89.3 Å². The first-order valence-corrected chi connectivity index (χ1v) is 17.2. The average Bonchev–Trinajstić information content (AvgIpc) is 3.45. The van der Waals surface area contributed by atoms with Crippen molar-refractivity contribution in [2.75, 3.05) is 26.2 Å². The van der Waals surface area contributed by atoms with Crippen molar-refractivity contribution in [3.8, 4) is 11.5 Å². The number of para-hydroxylation sites is 1. The number of carbonyl (C=O) groups excluding carboxylic acids is 2. The van der Waals surface area contributed by atoms with E-state index in [-0.39, 0.29) is 0 Å². The first kappa shape index (κ1) is 41.7. The molecule has 51 heavy (non-hydrogen) atoms. The second kappa shape index (κ2) is 20.3. The summed E-state index contributed by atoms with van der Waals surface area (Å²) in [7, 11) is 0. The maximum absolute atomic E-state index is 10.5. The van der Waals surface area contributed by atoms with E-state index in [0.717, 1.165) is 66.3 Å². The van der Waals surface area contributed by atoms with Gasteiger partial charge in [0.15, 0.2) is 0 Å². The molecule has 2 aromatic carbocycles. The Kier molecular flexibility index (Phi) is 16.6. The standard InChI is InChI=1S/C30H41ClN4O2.2C2HF3O2/c31-24-13-15-26(16-14-24)37-22-29-34-30-27(35(29)19-5-8-23-7-4-17-32-21-23)11-3-12-28(30)36-20-6-10-25-9-1-2-18-33-25;2*3-2(4,5)1(6)7/h3,11-16,23,25,32-33H,1-2,4-10,17-22H2;2*(H,6,7). The van der Waals surface area contributed by atoms with Crippen molar-refractivity contribution in [1.82, 2.24) is 9.55 Å². The highest BCUT2D eigenvalue weighted by atomic mass is 35.5. The summed E-state index contributed by atoms with van der Waals surface area (Å²) < 4.78 is 77.9. The minimum absolute atomic E-state index is 0.421. The average molecular weight is 753 g/mol. The van der Waals surface area contributed by atoms with E-state index in [1.165, 1.54) is 64.6 Å². The predicted molar refractivity (Wildman–Crippen MR) is 170 cm³/mol. The van der Waals surface area contributed by atoms with Crippen LogP contribution in [0.5, 0.6) is 11.5 Å². The van der Waals surface area contributed by atoms with Gasteiger partial charge in [-0.2, -0.15) is 26.3 Å². The smallest absolute Gasteiger partial charge is 0.430 e. The van der Waals surface area contributed by atoms with Crippen molar-refractivity contribution >= 4 is 34.6 Å². The van der Waals surface area contributed by atoms with Crippen molar-refractivity contribution in [3.05, 3.63) is 53.3 Å². The van der Waals surface area contributed by atoms with Crippen LogP contribution >= 0.6 is 11.6 Å². The third-order valence-corrected chi connectivity index (χ3v) is 8.74. The summed E-state index contributed by atoms with van der Waals surface area (Å²) in [5.74, 6) is -2.54. The number of nitrogens with two attached hydrogens (primary N) is 2. The van der Waals surface area contributed by atoms with Crippen molar-refractivity contribution < 1.29 is 66.3 Å². The number of carbonyl (C=O) groups is 2. The maximum atomic E-state index is 10.5. The van der Waals surface area contributed by atoms with Crippen LogP contribution in [-0.2, 0) is 22.7 Å². The number of carboxylic acid groups (broad SMARTS) is 2. The van der Waals surface area contributed by atoms with E-state index in [1.807, 2.05) is 24.3 Å². The van der Waals surface area contributed by atoms with Crippen LogP contribution in [0.25, 0.3) is 11.0 Å². The van der Waals surface area contributed by atoms with Gasteiger partial charge in [-0.1, -0.05) is 17.7 Å². The molecule has 2 fully saturated rings. The number of carboxylic acids is 2. The Hall–Kier alpha value is -3.76. The fourth-order valence-corrected chi connectivity index (χ4v) is 6.08. The van der Waals surface area contributed by atoms with E-state index in [4.69, 9.17) is 45.9 Å². The Bertz CT molecular complexity index is 1480. The monoisotopic (exact) mass is 752 g/mol. The Balaban J connectivity index is 0.000000424. The SMILES string of the molecule is Clc1ccc(OCc2nc3c(OCCCC4CCCC[NH2+]4)cccc3n2CCCC2CCC[NH2+]C2)cc1.O=C([O-])C(F)(F)F.O=C([O-])C(F)(F)F. The Morgan fingerprint density at radius 2 is 1.57 bits per heavy atom. The molecule has 2 aliphatic rings. The van der Waals surface area contributed by atoms with Crippen LogP contribution in [0.3, 0.4) is 0 Å². The molecular formula is C34H43ClF6N4O6. The van der Waals surface area contributed by atoms with E-state index in [2.05, 4.69) is 33.4 Å². The summed E-state index contributed by atoms with van der Waals surface area (Å²) in [5, 5.41) is 23.3. The molecule has 1 aromatic heterocycles. The lowest BCUT2D eigenvalue weighted by Gasteiger charge is -2.20. The van der Waals surface area contributed by atoms with Crippen LogP contribution in [-0.4, -0.2) is 66.1 Å². The third kappa shape index (κ3) is 14.8. The summed E-state index contributed by atoms with van der Waals surface area (Å²) >= 11 is 6.05. The summed E-state index contributed by atoms with van der Waals surface area (Å²) in [6.07, 6.45) is 1.13. The number of aryl methyl sites for hydroxylation is 1. The lowest BCUT2D eigenvalue weighted by Crippen LogP contribution is -2.91. The number of fused-ring (bicyclic) bond motifs is 1. The van der Waals surface area contributed by atoms with Crippen molar-refractivity contribution in [1.29, 1.82) is 0 Å². The number of quaternary nitrogens is 2. The quantitative estimate of drug-likeness (QED) is 0.214. The highest BCUT2D eigenvalue weighted by molar-refractivity contribution is 6.30. The fourth-order valence-electron chi connectivity index (χ4n) is 5.96. The van der Waals surface area contributed by atoms with Gasteiger partial charge < -0.3 is 44.5 Å². The number of hydrogen-bond acceptors (Lipinski definition) is 7. The van der Waals surface area contributed by atoms with Crippen molar-refractivity contribution in [2.24, 2.45) is 5.92 Å². The lowest BCUT2D eigenvalue weighted by molar-refractivity contribution is -0.698. The number of piperidine rings is 2. The first-order valence-electron chi connectivity index (χ1n) is 16.9. The molecule has 0 saturated carbocycles. The Labute approximate surface area is 296 Å². The van der Waals surface area contributed by atoms with Crippen LogP contribution in [0, 0.1) is 5.92 Å². The topological polar surface area (TPSA) is 150 Å². The number of imidazole rings is 1. The van der Waals surface area contributed by atoms with E-state index < -0.39 is 24.3 Å². The largest absolute Gasteiger partial charge is 0.542 e. The van der Waals surface area contributed by atoms with Gasteiger partial charge in [-0.05, 0) is 87.8 Å². The number of rotatable bonds is 12. The zero-order valence-electron chi connectivity index (χ0n) is 27.9. The molecule has 10 nitrogen and oxygen atoms in total. The molecule has 284 valence electrons. The molecule has 0 radical (unpaired) electrons. The van der Waals surface area contributed by atoms with Gasteiger partial charge >= 0.3 is 12.4 Å². The summed E-state index contributed by atoms with van der Waals surface area (Å²) in [6, 6.07) is 14.6. The van der Waals surface area contributed by atoms with Crippen LogP contribution in [0.15, 0.2) is 42.5 Å². The molecule has 0 spiro atoms. The van der Waals surface area contributed by atoms with Crippen LogP contribution < -0.4 is 30.3 Å². The number of aromatic nitrogens is 2. The molecule has 0 amide bonds. The van der Waals surface area contributed by atoms with Crippen LogP contribution in [0.1, 0.15) is 63.6 Å². The molecule has 3 aromatic rings. The first-order chi connectivity index (χ1) is 24.1. The van der Waals surface area contributed by atoms with Gasteiger partial charge in [-0.25, -0.2) is 4.98 Å². The van der Waals surface area contributed by atoms with Gasteiger partial charge in [-0.15, -0.1) is 0 Å². The zero-order chi connectivity index (χ0) is 37.4.